The molecule has 0 saturated heterocycles. The van der Waals surface area contributed by atoms with Crippen molar-refractivity contribution in [2.45, 2.75) is 102 Å². The van der Waals surface area contributed by atoms with E-state index in [0.29, 0.717) is 37.7 Å². The predicted molar refractivity (Wildman–Crippen MR) is 213 cm³/mol. The zero-order chi connectivity index (χ0) is 36.5. The summed E-state index contributed by atoms with van der Waals surface area (Å²) in [4.78, 5) is 31.7. The quantitative estimate of drug-likeness (QED) is 0.0869. The molecule has 2 aromatic heterocycles. The number of carbonyl (C=O) groups is 2. The van der Waals surface area contributed by atoms with E-state index in [1.165, 1.54) is 21.6 Å². The summed E-state index contributed by atoms with van der Waals surface area (Å²) in [6.45, 7) is 6.86. The Hall–Kier alpha value is -3.58. The molecule has 2 aliphatic heterocycles. The average Bonchev–Trinajstić information content (AvgIpc) is 3.82. The Balaban J connectivity index is 1.04. The Morgan fingerprint density at radius 2 is 1.06 bits per heavy atom. The fourth-order valence-corrected chi connectivity index (χ4v) is 9.64. The Kier molecular flexibility index (Phi) is 13.5. The summed E-state index contributed by atoms with van der Waals surface area (Å²) in [5, 5.41) is 9.81. The molecule has 52 heavy (non-hydrogen) atoms. The predicted octanol–water partition coefficient (Wildman–Crippen LogP) is 7.08. The van der Waals surface area contributed by atoms with E-state index in [2.05, 4.69) is 59.6 Å². The van der Waals surface area contributed by atoms with Gasteiger partial charge in [0, 0.05) is 35.7 Å². The first-order valence-corrected chi connectivity index (χ1v) is 21.5. The van der Waals surface area contributed by atoms with Crippen LogP contribution in [0.4, 0.5) is 0 Å². The number of nitrogens with two attached hydrogens (primary N) is 2. The highest BCUT2D eigenvalue weighted by Crippen LogP contribution is 2.36. The maximum atomic E-state index is 13.9. The summed E-state index contributed by atoms with van der Waals surface area (Å²) in [7, 11) is 3.05. The van der Waals surface area contributed by atoms with Crippen LogP contribution in [0, 0.1) is 0 Å². The first-order chi connectivity index (χ1) is 25.4. The minimum atomic E-state index is -0.648. The van der Waals surface area contributed by atoms with Crippen LogP contribution < -0.4 is 11.5 Å². The van der Waals surface area contributed by atoms with E-state index in [9.17, 15) is 9.59 Å². The van der Waals surface area contributed by atoms with Crippen LogP contribution in [0.3, 0.4) is 0 Å². The molecule has 2 unspecified atom stereocenters. The van der Waals surface area contributed by atoms with Crippen LogP contribution in [-0.2, 0) is 22.7 Å². The minimum Gasteiger partial charge on any atom is -0.331 e. The van der Waals surface area contributed by atoms with Crippen molar-refractivity contribution in [1.29, 1.82) is 0 Å². The van der Waals surface area contributed by atoms with Gasteiger partial charge in [0.05, 0.1) is 60.0 Å². The van der Waals surface area contributed by atoms with Gasteiger partial charge in [0.15, 0.2) is 0 Å². The van der Waals surface area contributed by atoms with Gasteiger partial charge in [-0.1, -0.05) is 135 Å². The second-order valence-corrected chi connectivity index (χ2v) is 16.5. The SMILES string of the molecule is CCCCCC1c2cc(-c3ccccc3)nn2CCN1C(=O)[C@@H](N)CSSC[C@H](N)C(=O)N1CCn2nc(-c3ccccc3)cc2C1CCCCC. The summed E-state index contributed by atoms with van der Waals surface area (Å²) in [6, 6.07) is 23.3. The monoisotopic (exact) mass is 742 g/mol. The van der Waals surface area contributed by atoms with Crippen molar-refractivity contribution in [2.24, 2.45) is 11.5 Å². The van der Waals surface area contributed by atoms with Gasteiger partial charge in [0.2, 0.25) is 11.8 Å². The lowest BCUT2D eigenvalue weighted by atomic mass is 10.00. The Morgan fingerprint density at radius 3 is 1.44 bits per heavy atom. The molecule has 4 N–H and O–H groups in total. The fraction of sp³-hybridized carbons (Fsp3) is 0.500. The van der Waals surface area contributed by atoms with Gasteiger partial charge in [0.1, 0.15) is 0 Å². The number of hydrogen-bond acceptors (Lipinski definition) is 8. The summed E-state index contributed by atoms with van der Waals surface area (Å²) in [5.41, 5.74) is 19.3. The van der Waals surface area contributed by atoms with E-state index in [1.807, 2.05) is 46.2 Å². The van der Waals surface area contributed by atoms with E-state index in [-0.39, 0.29) is 23.9 Å². The third-order valence-corrected chi connectivity index (χ3v) is 12.7. The van der Waals surface area contributed by atoms with Crippen LogP contribution in [0.1, 0.15) is 88.7 Å². The molecule has 0 aliphatic carbocycles. The smallest absolute Gasteiger partial charge is 0.241 e. The first-order valence-electron chi connectivity index (χ1n) is 19.0. The average molecular weight is 743 g/mol. The molecule has 2 aromatic carbocycles. The molecule has 278 valence electrons. The van der Waals surface area contributed by atoms with Crippen molar-refractivity contribution in [3.8, 4) is 22.5 Å². The molecule has 6 rings (SSSR count). The van der Waals surface area contributed by atoms with Gasteiger partial charge in [-0.2, -0.15) is 10.2 Å². The zero-order valence-electron chi connectivity index (χ0n) is 30.6. The summed E-state index contributed by atoms with van der Waals surface area (Å²) >= 11 is 0. The molecular formula is C40H54N8O2S2. The van der Waals surface area contributed by atoms with Gasteiger partial charge < -0.3 is 21.3 Å². The molecular weight excluding hydrogens is 689 g/mol. The highest BCUT2D eigenvalue weighted by molar-refractivity contribution is 8.76. The number of unbranched alkanes of at least 4 members (excludes halogenated alkanes) is 4. The van der Waals surface area contributed by atoms with Crippen molar-refractivity contribution in [3.63, 3.8) is 0 Å². The number of rotatable bonds is 17. The number of aromatic nitrogens is 4. The summed E-state index contributed by atoms with van der Waals surface area (Å²) < 4.78 is 4.15. The zero-order valence-corrected chi connectivity index (χ0v) is 32.2. The van der Waals surface area contributed by atoms with E-state index in [1.54, 1.807) is 0 Å². The van der Waals surface area contributed by atoms with E-state index in [4.69, 9.17) is 21.7 Å². The van der Waals surface area contributed by atoms with E-state index in [0.717, 1.165) is 85.3 Å². The molecule has 0 radical (unpaired) electrons. The fourth-order valence-electron chi connectivity index (χ4n) is 7.41. The lowest BCUT2D eigenvalue weighted by Gasteiger charge is -2.38. The molecule has 10 nitrogen and oxygen atoms in total. The Bertz CT molecular complexity index is 1620. The molecule has 0 bridgehead atoms. The highest BCUT2D eigenvalue weighted by Gasteiger charge is 2.36. The lowest BCUT2D eigenvalue weighted by Crippen LogP contribution is -2.50. The highest BCUT2D eigenvalue weighted by atomic mass is 33.1. The normalized spacial score (nSPS) is 18.2. The van der Waals surface area contributed by atoms with Crippen molar-refractivity contribution in [3.05, 3.63) is 84.2 Å². The number of hydrogen-bond donors (Lipinski definition) is 2. The number of benzene rings is 2. The van der Waals surface area contributed by atoms with Crippen molar-refractivity contribution in [1.82, 2.24) is 29.4 Å². The van der Waals surface area contributed by atoms with Crippen molar-refractivity contribution >= 4 is 33.4 Å². The van der Waals surface area contributed by atoms with Gasteiger partial charge in [-0.3, -0.25) is 19.0 Å². The van der Waals surface area contributed by atoms with Crippen LogP contribution in [-0.4, -0.2) is 77.9 Å². The Labute approximate surface area is 316 Å². The lowest BCUT2D eigenvalue weighted by molar-refractivity contribution is -0.136. The standard InChI is InChI=1S/C40H54N8O2S2/c1-3-5-9-19-35-37-25-33(29-15-11-7-12-16-29)43-47(37)23-21-45(35)39(49)31(41)27-51-52-28-32(42)40(50)46-22-24-48-38(36(46)20-10-6-4-2)26-34(44-48)30-17-13-8-14-18-30/h7-8,11-18,25-26,31-32,35-36H,3-6,9-10,19-24,27-28,41-42H2,1-2H3/t31-,32-,35?,36?/m0/s1. The summed E-state index contributed by atoms with van der Waals surface area (Å²) in [6.07, 6.45) is 8.31. The maximum Gasteiger partial charge on any atom is 0.241 e. The second kappa shape index (κ2) is 18.4. The second-order valence-electron chi connectivity index (χ2n) is 14.0. The van der Waals surface area contributed by atoms with Crippen LogP contribution in [0.25, 0.3) is 22.5 Å². The largest absolute Gasteiger partial charge is 0.331 e. The van der Waals surface area contributed by atoms with Gasteiger partial charge in [-0.15, -0.1) is 0 Å². The van der Waals surface area contributed by atoms with Gasteiger partial charge in [0.25, 0.3) is 0 Å². The third-order valence-electron chi connectivity index (χ3n) is 10.2. The number of fused-ring (bicyclic) bond motifs is 2. The third kappa shape index (κ3) is 8.95. The van der Waals surface area contributed by atoms with Gasteiger partial charge >= 0.3 is 0 Å². The van der Waals surface area contributed by atoms with Gasteiger partial charge in [-0.25, -0.2) is 0 Å². The number of carbonyl (C=O) groups excluding carboxylic acids is 2. The van der Waals surface area contributed by atoms with Crippen LogP contribution >= 0.6 is 21.6 Å². The molecule has 0 spiro atoms. The molecule has 4 aromatic rings. The molecule has 4 heterocycles. The van der Waals surface area contributed by atoms with Crippen LogP contribution in [0.2, 0.25) is 0 Å². The first kappa shape index (κ1) is 38.2. The Morgan fingerprint density at radius 1 is 0.654 bits per heavy atom. The van der Waals surface area contributed by atoms with Crippen LogP contribution in [0.5, 0.6) is 0 Å². The number of nitrogens with zero attached hydrogens (tertiary/aromatic N) is 6. The molecule has 0 saturated carbocycles. The molecule has 12 heteroatoms. The van der Waals surface area contributed by atoms with Gasteiger partial charge in [-0.05, 0) is 25.0 Å². The van der Waals surface area contributed by atoms with Crippen LogP contribution in [0.15, 0.2) is 72.8 Å². The topological polar surface area (TPSA) is 128 Å². The van der Waals surface area contributed by atoms with Crippen molar-refractivity contribution in [2.75, 3.05) is 24.6 Å². The minimum absolute atomic E-state index is 0.0293. The summed E-state index contributed by atoms with van der Waals surface area (Å²) in [5.74, 6) is 0.834. The molecule has 2 amide bonds. The van der Waals surface area contributed by atoms with E-state index >= 15 is 0 Å². The molecule has 2 aliphatic rings. The molecule has 4 atom stereocenters. The number of amides is 2. The maximum absolute atomic E-state index is 13.9. The van der Waals surface area contributed by atoms with Crippen molar-refractivity contribution < 1.29 is 9.59 Å². The molecule has 0 fully saturated rings. The van der Waals surface area contributed by atoms with E-state index < -0.39 is 12.1 Å².